The van der Waals surface area contributed by atoms with Gasteiger partial charge in [-0.1, -0.05) is 48.0 Å². The number of nitrogens with zero attached hydrogens (tertiary/aromatic N) is 1. The number of thiophene rings is 1. The van der Waals surface area contributed by atoms with Gasteiger partial charge in [0.15, 0.2) is 12.1 Å². The minimum absolute atomic E-state index is 0.226. The predicted octanol–water partition coefficient (Wildman–Crippen LogP) is 4.13. The average Bonchev–Trinajstić information content (AvgIpc) is 3.50. The van der Waals surface area contributed by atoms with Crippen LogP contribution in [0.25, 0.3) is 0 Å². The number of carbonyl (C=O) groups excluding carboxylic acids is 3. The molecule has 0 saturated carbocycles. The van der Waals surface area contributed by atoms with Crippen LogP contribution >= 0.6 is 11.3 Å². The maximum Gasteiger partial charge on any atom is 0.411 e. The molecular weight excluding hydrogens is 466 g/mol. The highest BCUT2D eigenvalue weighted by molar-refractivity contribution is 7.12. The Bertz CT molecular complexity index is 1180. The molecule has 1 aliphatic heterocycles. The molecule has 0 bridgehead atoms. The van der Waals surface area contributed by atoms with Crippen molar-refractivity contribution in [3.8, 4) is 0 Å². The van der Waals surface area contributed by atoms with Gasteiger partial charge in [-0.05, 0) is 41.6 Å². The van der Waals surface area contributed by atoms with Crippen LogP contribution in [0.2, 0.25) is 0 Å². The Morgan fingerprint density at radius 1 is 1.11 bits per heavy atom. The monoisotopic (exact) mass is 493 g/mol. The second kappa shape index (κ2) is 11.2. The van der Waals surface area contributed by atoms with Crippen LogP contribution in [-0.2, 0) is 20.8 Å². The number of hydrogen-bond acceptors (Lipinski definition) is 6. The van der Waals surface area contributed by atoms with Crippen molar-refractivity contribution in [1.29, 1.82) is 0 Å². The molecule has 1 fully saturated rings. The SMILES string of the molecule is COCCNC(=O)C1C(c2cccc(NC(=O)c3cccs3)c2)OC(=O)N1Cc1ccc(C)cc1. The van der Waals surface area contributed by atoms with Crippen molar-refractivity contribution < 1.29 is 23.9 Å². The first-order chi connectivity index (χ1) is 17.0. The van der Waals surface area contributed by atoms with Gasteiger partial charge in [-0.2, -0.15) is 0 Å². The molecule has 0 aliphatic carbocycles. The molecule has 2 atom stereocenters. The molecule has 8 nitrogen and oxygen atoms in total. The van der Waals surface area contributed by atoms with E-state index in [4.69, 9.17) is 9.47 Å². The van der Waals surface area contributed by atoms with E-state index >= 15 is 0 Å². The molecule has 4 rings (SSSR count). The fraction of sp³-hybridized carbons (Fsp3) is 0.269. The molecule has 9 heteroatoms. The van der Waals surface area contributed by atoms with Gasteiger partial charge < -0.3 is 20.1 Å². The number of ether oxygens (including phenoxy) is 2. The maximum absolute atomic E-state index is 13.2. The van der Waals surface area contributed by atoms with Crippen molar-refractivity contribution in [2.75, 3.05) is 25.6 Å². The summed E-state index contributed by atoms with van der Waals surface area (Å²) in [6.07, 6.45) is -1.41. The van der Waals surface area contributed by atoms with E-state index in [1.807, 2.05) is 42.6 Å². The van der Waals surface area contributed by atoms with Crippen LogP contribution in [-0.4, -0.2) is 49.1 Å². The van der Waals surface area contributed by atoms with Crippen molar-refractivity contribution in [3.05, 3.63) is 87.6 Å². The van der Waals surface area contributed by atoms with Gasteiger partial charge in [0, 0.05) is 19.3 Å². The van der Waals surface area contributed by atoms with Crippen LogP contribution < -0.4 is 10.6 Å². The second-order valence-electron chi connectivity index (χ2n) is 8.20. The second-order valence-corrected chi connectivity index (χ2v) is 9.15. The van der Waals surface area contributed by atoms with E-state index in [1.165, 1.54) is 16.2 Å². The minimum Gasteiger partial charge on any atom is -0.438 e. The first-order valence-corrected chi connectivity index (χ1v) is 12.1. The number of amides is 3. The Morgan fingerprint density at radius 3 is 2.63 bits per heavy atom. The zero-order valence-corrected chi connectivity index (χ0v) is 20.3. The average molecular weight is 494 g/mol. The third-order valence-electron chi connectivity index (χ3n) is 5.65. The van der Waals surface area contributed by atoms with E-state index < -0.39 is 18.2 Å². The van der Waals surface area contributed by atoms with Gasteiger partial charge >= 0.3 is 6.09 Å². The van der Waals surface area contributed by atoms with Crippen molar-refractivity contribution in [2.45, 2.75) is 25.6 Å². The maximum atomic E-state index is 13.2. The van der Waals surface area contributed by atoms with E-state index in [0.717, 1.165) is 11.1 Å². The fourth-order valence-corrected chi connectivity index (χ4v) is 4.49. The molecule has 3 aromatic rings. The van der Waals surface area contributed by atoms with Gasteiger partial charge in [0.2, 0.25) is 5.91 Å². The summed E-state index contributed by atoms with van der Waals surface area (Å²) in [5, 5.41) is 7.52. The van der Waals surface area contributed by atoms with Crippen LogP contribution in [0, 0.1) is 6.92 Å². The molecule has 0 spiro atoms. The van der Waals surface area contributed by atoms with E-state index in [2.05, 4.69) is 10.6 Å². The van der Waals surface area contributed by atoms with E-state index in [-0.39, 0.29) is 18.4 Å². The summed E-state index contributed by atoms with van der Waals surface area (Å²) >= 11 is 1.34. The van der Waals surface area contributed by atoms with Crippen LogP contribution in [0.5, 0.6) is 0 Å². The Balaban J connectivity index is 1.59. The van der Waals surface area contributed by atoms with Crippen LogP contribution in [0.15, 0.2) is 66.0 Å². The minimum atomic E-state index is -0.885. The van der Waals surface area contributed by atoms with Crippen molar-refractivity contribution >= 4 is 34.9 Å². The van der Waals surface area contributed by atoms with Crippen molar-refractivity contribution in [1.82, 2.24) is 10.2 Å². The Morgan fingerprint density at radius 2 is 1.91 bits per heavy atom. The first-order valence-electron chi connectivity index (χ1n) is 11.2. The number of anilines is 1. The molecule has 2 heterocycles. The van der Waals surface area contributed by atoms with Crippen molar-refractivity contribution in [3.63, 3.8) is 0 Å². The first kappa shape index (κ1) is 24.4. The molecule has 1 saturated heterocycles. The van der Waals surface area contributed by atoms with Crippen LogP contribution in [0.1, 0.15) is 32.5 Å². The zero-order valence-electron chi connectivity index (χ0n) is 19.5. The third-order valence-corrected chi connectivity index (χ3v) is 6.52. The number of nitrogens with one attached hydrogen (secondary N) is 2. The summed E-state index contributed by atoms with van der Waals surface area (Å²) < 4.78 is 10.8. The number of benzene rings is 2. The Labute approximate surface area is 207 Å². The van der Waals surface area contributed by atoms with E-state index in [1.54, 1.807) is 37.4 Å². The zero-order chi connectivity index (χ0) is 24.8. The molecule has 35 heavy (non-hydrogen) atoms. The Kier molecular flexibility index (Phi) is 7.79. The molecule has 0 radical (unpaired) electrons. The summed E-state index contributed by atoms with van der Waals surface area (Å²) in [6, 6.07) is 17.5. The lowest BCUT2D eigenvalue weighted by Gasteiger charge is -2.24. The van der Waals surface area contributed by atoms with Gasteiger partial charge in [0.1, 0.15) is 0 Å². The summed E-state index contributed by atoms with van der Waals surface area (Å²) in [5.41, 5.74) is 3.15. The largest absolute Gasteiger partial charge is 0.438 e. The normalized spacial score (nSPS) is 17.2. The fourth-order valence-electron chi connectivity index (χ4n) is 3.87. The van der Waals surface area contributed by atoms with Gasteiger partial charge in [0.05, 0.1) is 18.0 Å². The molecule has 3 amide bonds. The highest BCUT2D eigenvalue weighted by Crippen LogP contribution is 2.35. The van der Waals surface area contributed by atoms with Gasteiger partial charge in [-0.15, -0.1) is 11.3 Å². The van der Waals surface area contributed by atoms with Crippen molar-refractivity contribution in [2.24, 2.45) is 0 Å². The number of aryl methyl sites for hydroxylation is 1. The standard InChI is InChI=1S/C26H27N3O5S/c1-17-8-10-18(11-9-17)16-29-22(25(31)27-12-13-33-2)23(34-26(29)32)19-5-3-6-20(15-19)28-24(30)21-7-4-14-35-21/h3-11,14-15,22-23H,12-13,16H2,1-2H3,(H,27,31)(H,28,30). The molecule has 1 aliphatic rings. The number of methoxy groups -OCH3 is 1. The molecule has 182 valence electrons. The summed E-state index contributed by atoms with van der Waals surface area (Å²) in [6.45, 7) is 2.87. The quantitative estimate of drug-likeness (QED) is 0.437. The lowest BCUT2D eigenvalue weighted by molar-refractivity contribution is -0.126. The highest BCUT2D eigenvalue weighted by atomic mass is 32.1. The van der Waals surface area contributed by atoms with Crippen LogP contribution in [0.3, 0.4) is 0 Å². The van der Waals surface area contributed by atoms with E-state index in [9.17, 15) is 14.4 Å². The topological polar surface area (TPSA) is 97.0 Å². The highest BCUT2D eigenvalue weighted by Gasteiger charge is 2.47. The summed E-state index contributed by atoms with van der Waals surface area (Å²) in [5.74, 6) is -0.562. The lowest BCUT2D eigenvalue weighted by atomic mass is 10.00. The molecule has 2 aromatic carbocycles. The van der Waals surface area contributed by atoms with Gasteiger partial charge in [-0.3, -0.25) is 14.5 Å². The van der Waals surface area contributed by atoms with Gasteiger partial charge in [-0.25, -0.2) is 4.79 Å². The number of cyclic esters (lactones) is 1. The Hall–Kier alpha value is -3.69. The summed E-state index contributed by atoms with van der Waals surface area (Å²) in [7, 11) is 1.55. The number of rotatable bonds is 9. The van der Waals surface area contributed by atoms with Crippen LogP contribution in [0.4, 0.5) is 10.5 Å². The molecule has 2 unspecified atom stereocenters. The molecular formula is C26H27N3O5S. The predicted molar refractivity (Wildman–Crippen MR) is 133 cm³/mol. The number of hydrogen-bond donors (Lipinski definition) is 2. The van der Waals surface area contributed by atoms with E-state index in [0.29, 0.717) is 29.3 Å². The number of carbonyl (C=O) groups is 3. The molecule has 2 N–H and O–H groups in total. The smallest absolute Gasteiger partial charge is 0.411 e. The van der Waals surface area contributed by atoms with Gasteiger partial charge in [0.25, 0.3) is 5.91 Å². The third kappa shape index (κ3) is 5.87. The summed E-state index contributed by atoms with van der Waals surface area (Å²) in [4.78, 5) is 40.6. The molecule has 1 aromatic heterocycles. The lowest BCUT2D eigenvalue weighted by Crippen LogP contribution is -2.47.